The second-order valence-corrected chi connectivity index (χ2v) is 18.3. The van der Waals surface area contributed by atoms with E-state index < -0.39 is 18.1 Å². The Morgan fingerprint density at radius 1 is 0.448 bits per heavy atom. The van der Waals surface area contributed by atoms with Crippen molar-refractivity contribution in [1.29, 1.82) is 0 Å². The summed E-state index contributed by atoms with van der Waals surface area (Å²) >= 11 is 0. The SMILES string of the molecule is CC/C=C/C/C=C/C/C=C/C/C=C/C/C=C/C/C=C/CCCCCCC(=O)OC(COCCC(C(=O)[O-])[N+](C)(C)C)COC(=O)CCCCCCCCCCCC/C=C/C/C=C/C/C=C/CC. The summed E-state index contributed by atoms with van der Waals surface area (Å²) in [6.07, 6.45) is 66.9. The van der Waals surface area contributed by atoms with Gasteiger partial charge in [-0.1, -0.05) is 187 Å². The molecule has 0 N–H and O–H groups in total. The number of likely N-dealkylation sites (N-methyl/N-ethyl adjacent to an activating group) is 1. The number of carboxylic acid groups (broad SMARTS) is 1. The standard InChI is InChI=1S/C59H97NO7/c1-6-8-10-12-14-16-18-20-22-24-26-28-29-30-32-34-36-38-40-42-44-46-48-50-58(62)67-55(53-65-52-51-56(59(63)64)60(3,4)5)54-66-57(61)49-47-45-43-41-39-37-35-33-31-27-25-23-21-19-17-15-13-11-9-7-2/h8-11,14-17,20-23,26,28,30,32,36,38,55-56H,6-7,12-13,18-19,24-25,27,29,31,33-35,37,39-54H2,1-5H3/b10-8+,11-9+,16-14+,17-15+,22-20+,23-21+,28-26+,32-30+,38-36+. The van der Waals surface area contributed by atoms with Crippen molar-refractivity contribution in [2.45, 2.75) is 206 Å². The number of ether oxygens (including phenoxy) is 3. The summed E-state index contributed by atoms with van der Waals surface area (Å²) in [6.45, 7) is 4.40. The molecule has 380 valence electrons. The van der Waals surface area contributed by atoms with Gasteiger partial charge in [0.1, 0.15) is 12.6 Å². The molecule has 0 aliphatic carbocycles. The van der Waals surface area contributed by atoms with Crippen LogP contribution in [0.1, 0.15) is 194 Å². The fourth-order valence-corrected chi connectivity index (χ4v) is 7.15. The molecule has 0 aromatic heterocycles. The van der Waals surface area contributed by atoms with E-state index in [4.69, 9.17) is 14.2 Å². The van der Waals surface area contributed by atoms with E-state index >= 15 is 0 Å². The van der Waals surface area contributed by atoms with E-state index in [9.17, 15) is 19.5 Å². The summed E-state index contributed by atoms with van der Waals surface area (Å²) in [5.41, 5.74) is 0. The zero-order valence-electron chi connectivity index (χ0n) is 43.3. The molecule has 0 aliphatic heterocycles. The maximum absolute atomic E-state index is 12.8. The fourth-order valence-electron chi connectivity index (χ4n) is 7.15. The average Bonchev–Trinajstić information content (AvgIpc) is 3.29. The number of esters is 2. The molecule has 8 nitrogen and oxygen atoms in total. The predicted molar refractivity (Wildman–Crippen MR) is 281 cm³/mol. The molecule has 0 heterocycles. The molecule has 0 saturated carbocycles. The number of carbonyl (C=O) groups is 3. The van der Waals surface area contributed by atoms with Crippen molar-refractivity contribution in [3.8, 4) is 0 Å². The normalized spacial score (nSPS) is 13.7. The Labute approximate surface area is 410 Å². The number of hydrogen-bond donors (Lipinski definition) is 0. The Morgan fingerprint density at radius 2 is 0.791 bits per heavy atom. The molecule has 0 saturated heterocycles. The molecule has 8 heteroatoms. The van der Waals surface area contributed by atoms with Crippen LogP contribution >= 0.6 is 0 Å². The molecule has 2 atom stereocenters. The third kappa shape index (κ3) is 46.9. The van der Waals surface area contributed by atoms with Gasteiger partial charge in [-0.05, 0) is 96.3 Å². The molecule has 0 aromatic carbocycles. The van der Waals surface area contributed by atoms with E-state index in [1.54, 1.807) is 21.1 Å². The molecular weight excluding hydrogens is 835 g/mol. The van der Waals surface area contributed by atoms with Crippen molar-refractivity contribution >= 4 is 17.9 Å². The quantitative estimate of drug-likeness (QED) is 0.0259. The largest absolute Gasteiger partial charge is 0.544 e. The van der Waals surface area contributed by atoms with Crippen molar-refractivity contribution in [2.24, 2.45) is 0 Å². The van der Waals surface area contributed by atoms with Gasteiger partial charge >= 0.3 is 11.9 Å². The molecule has 0 radical (unpaired) electrons. The van der Waals surface area contributed by atoms with Crippen molar-refractivity contribution in [1.82, 2.24) is 0 Å². The van der Waals surface area contributed by atoms with E-state index in [1.807, 2.05) is 0 Å². The van der Waals surface area contributed by atoms with Crippen LogP contribution in [0.25, 0.3) is 0 Å². The van der Waals surface area contributed by atoms with Gasteiger partial charge in [0.2, 0.25) is 0 Å². The van der Waals surface area contributed by atoms with E-state index in [0.29, 0.717) is 6.42 Å². The van der Waals surface area contributed by atoms with Crippen molar-refractivity contribution in [2.75, 3.05) is 41.0 Å². The van der Waals surface area contributed by atoms with Crippen molar-refractivity contribution < 1.29 is 38.2 Å². The Hall–Kier alpha value is -4.01. The lowest BCUT2D eigenvalue weighted by molar-refractivity contribution is -0.889. The number of carboxylic acids is 1. The first kappa shape index (κ1) is 63.0. The topological polar surface area (TPSA) is 102 Å². The maximum Gasteiger partial charge on any atom is 0.306 e. The lowest BCUT2D eigenvalue weighted by atomic mass is 10.1. The Kier molecular flexibility index (Phi) is 45.5. The van der Waals surface area contributed by atoms with E-state index in [2.05, 4.69) is 123 Å². The van der Waals surface area contributed by atoms with E-state index in [1.165, 1.54) is 51.4 Å². The van der Waals surface area contributed by atoms with Crippen LogP contribution in [-0.2, 0) is 28.6 Å². The van der Waals surface area contributed by atoms with Gasteiger partial charge in [0.15, 0.2) is 6.10 Å². The molecule has 0 amide bonds. The summed E-state index contributed by atoms with van der Waals surface area (Å²) in [5.74, 6) is -1.78. The van der Waals surface area contributed by atoms with Gasteiger partial charge < -0.3 is 28.6 Å². The first-order valence-electron chi connectivity index (χ1n) is 26.4. The van der Waals surface area contributed by atoms with Gasteiger partial charge in [0, 0.05) is 19.3 Å². The molecule has 2 unspecified atom stereocenters. The van der Waals surface area contributed by atoms with Crippen LogP contribution in [0.4, 0.5) is 0 Å². The molecule has 0 spiro atoms. The number of quaternary nitrogens is 1. The van der Waals surface area contributed by atoms with Crippen LogP contribution in [0, 0.1) is 0 Å². The van der Waals surface area contributed by atoms with Crippen LogP contribution in [0.5, 0.6) is 0 Å². The molecule has 0 rings (SSSR count). The first-order chi connectivity index (χ1) is 32.6. The molecule has 0 aliphatic rings. The maximum atomic E-state index is 12.8. The highest BCUT2D eigenvalue weighted by atomic mass is 16.6. The van der Waals surface area contributed by atoms with Crippen molar-refractivity contribution in [3.05, 3.63) is 109 Å². The lowest BCUT2D eigenvalue weighted by Gasteiger charge is -2.34. The first-order valence-corrected chi connectivity index (χ1v) is 26.4. The number of rotatable bonds is 46. The third-order valence-corrected chi connectivity index (χ3v) is 11.2. The number of hydrogen-bond acceptors (Lipinski definition) is 7. The van der Waals surface area contributed by atoms with Gasteiger partial charge in [-0.25, -0.2) is 0 Å². The zero-order valence-corrected chi connectivity index (χ0v) is 43.3. The summed E-state index contributed by atoms with van der Waals surface area (Å²) in [7, 11) is 5.40. The zero-order chi connectivity index (χ0) is 49.2. The van der Waals surface area contributed by atoms with Crippen LogP contribution in [0.2, 0.25) is 0 Å². The molecule has 0 fully saturated rings. The highest BCUT2D eigenvalue weighted by Crippen LogP contribution is 2.14. The Morgan fingerprint density at radius 3 is 1.16 bits per heavy atom. The fraction of sp³-hybridized carbons (Fsp3) is 0.644. The summed E-state index contributed by atoms with van der Waals surface area (Å²) in [4.78, 5) is 37.1. The number of aliphatic carboxylic acids is 1. The number of unbranched alkanes of at least 4 members (excludes halogenated alkanes) is 14. The minimum Gasteiger partial charge on any atom is -0.544 e. The smallest absolute Gasteiger partial charge is 0.306 e. The van der Waals surface area contributed by atoms with Gasteiger partial charge in [-0.2, -0.15) is 0 Å². The predicted octanol–water partition coefficient (Wildman–Crippen LogP) is 14.3. The summed E-state index contributed by atoms with van der Waals surface area (Å²) in [6, 6.07) is -0.739. The Bertz CT molecular complexity index is 1460. The van der Waals surface area contributed by atoms with Crippen LogP contribution < -0.4 is 5.11 Å². The van der Waals surface area contributed by atoms with Crippen molar-refractivity contribution in [3.63, 3.8) is 0 Å². The van der Waals surface area contributed by atoms with Gasteiger partial charge in [0.05, 0.1) is 40.3 Å². The third-order valence-electron chi connectivity index (χ3n) is 11.2. The lowest BCUT2D eigenvalue weighted by Crippen LogP contribution is -2.55. The number of nitrogens with zero attached hydrogens (tertiary/aromatic N) is 1. The molecule has 67 heavy (non-hydrogen) atoms. The second-order valence-electron chi connectivity index (χ2n) is 18.3. The van der Waals surface area contributed by atoms with Crippen LogP contribution in [0.15, 0.2) is 109 Å². The highest BCUT2D eigenvalue weighted by Gasteiger charge is 2.25. The average molecular weight is 932 g/mol. The second kappa shape index (κ2) is 48.4. The van der Waals surface area contributed by atoms with E-state index in [-0.39, 0.29) is 49.1 Å². The van der Waals surface area contributed by atoms with Gasteiger partial charge in [0.25, 0.3) is 0 Å². The van der Waals surface area contributed by atoms with Crippen LogP contribution in [-0.4, -0.2) is 75.5 Å². The molecule has 0 bridgehead atoms. The minimum atomic E-state index is -1.13. The summed E-state index contributed by atoms with van der Waals surface area (Å²) < 4.78 is 17.2. The van der Waals surface area contributed by atoms with E-state index in [0.717, 1.165) is 109 Å². The van der Waals surface area contributed by atoms with Gasteiger partial charge in [-0.3, -0.25) is 9.59 Å². The van der Waals surface area contributed by atoms with Gasteiger partial charge in [-0.15, -0.1) is 0 Å². The highest BCUT2D eigenvalue weighted by molar-refractivity contribution is 5.70. The minimum absolute atomic E-state index is 0.0222. The number of allylic oxidation sites excluding steroid dienone is 18. The number of carbonyl (C=O) groups excluding carboxylic acids is 3. The van der Waals surface area contributed by atoms with Crippen LogP contribution in [0.3, 0.4) is 0 Å². The monoisotopic (exact) mass is 932 g/mol. The summed E-state index contributed by atoms with van der Waals surface area (Å²) in [5, 5.41) is 11.7. The molecule has 0 aromatic rings. The molecular formula is C59H97NO7. The Balaban J connectivity index is 4.32.